The molecule has 0 bridgehead atoms. The lowest BCUT2D eigenvalue weighted by atomic mass is 9.51. The van der Waals surface area contributed by atoms with Gasteiger partial charge in [-0.1, -0.05) is 25.5 Å². The van der Waals surface area contributed by atoms with E-state index in [1.807, 2.05) is 19.1 Å². The molecular formula is C21H27NO6S. The summed E-state index contributed by atoms with van der Waals surface area (Å²) in [4.78, 5) is 25.0. The second-order valence-corrected chi connectivity index (χ2v) is 10.1. The van der Waals surface area contributed by atoms with Crippen LogP contribution in [-0.4, -0.2) is 40.8 Å². The maximum atomic E-state index is 12.6. The number of rotatable bonds is 4. The fourth-order valence-electron chi connectivity index (χ4n) is 5.04. The van der Waals surface area contributed by atoms with Crippen molar-refractivity contribution in [1.29, 1.82) is 0 Å². The van der Waals surface area contributed by atoms with Gasteiger partial charge in [0.25, 0.3) is 0 Å². The second kappa shape index (κ2) is 7.16. The van der Waals surface area contributed by atoms with Crippen LogP contribution < -0.4 is 4.72 Å². The molecule has 1 N–H and O–H groups in total. The molecule has 3 rings (SSSR count). The maximum Gasteiger partial charge on any atom is 0.340 e. The monoisotopic (exact) mass is 421 g/mol. The van der Waals surface area contributed by atoms with Crippen molar-refractivity contribution < 1.29 is 27.5 Å². The molecule has 1 aromatic carbocycles. The number of nitrogens with one attached hydrogen (secondary N) is 1. The van der Waals surface area contributed by atoms with E-state index in [9.17, 15) is 18.0 Å². The van der Waals surface area contributed by atoms with E-state index in [0.717, 1.165) is 36.6 Å². The molecule has 0 amide bonds. The Morgan fingerprint density at radius 2 is 1.83 bits per heavy atom. The zero-order chi connectivity index (χ0) is 21.6. The molecule has 1 saturated carbocycles. The van der Waals surface area contributed by atoms with Crippen molar-refractivity contribution in [3.63, 3.8) is 0 Å². The third-order valence-corrected chi connectivity index (χ3v) is 6.98. The third-order valence-electron chi connectivity index (χ3n) is 6.39. The number of hydrogen-bond acceptors (Lipinski definition) is 6. The first-order valence-corrected chi connectivity index (χ1v) is 11.4. The quantitative estimate of drug-likeness (QED) is 0.750. The molecule has 0 unspecified atom stereocenters. The number of allylic oxidation sites excluding steroid dienone is 1. The molecule has 0 heterocycles. The van der Waals surface area contributed by atoms with Crippen LogP contribution in [0.4, 0.5) is 5.69 Å². The Hall–Kier alpha value is -2.35. The lowest BCUT2D eigenvalue weighted by molar-refractivity contribution is -0.158. The molecule has 7 nitrogen and oxygen atoms in total. The number of benzene rings is 1. The highest BCUT2D eigenvalue weighted by molar-refractivity contribution is 7.92. The molecule has 0 aliphatic heterocycles. The van der Waals surface area contributed by atoms with Crippen LogP contribution in [0.15, 0.2) is 18.2 Å². The van der Waals surface area contributed by atoms with Crippen molar-refractivity contribution in [2.24, 2.45) is 11.3 Å². The van der Waals surface area contributed by atoms with Crippen LogP contribution in [0.2, 0.25) is 0 Å². The van der Waals surface area contributed by atoms with Gasteiger partial charge in [0.05, 0.1) is 37.1 Å². The standard InChI is InChI=1S/C21H27NO6S/c1-20-9-6-10-21(2,19(24)28-4)17(20)8-7-13-11-16(22-29(5,25)26)14(12-15(13)20)18(23)27-3/h7-8,11-12,17,22H,6,9-10H2,1-5H3/t17-,20-,21+/m1/s1. The van der Waals surface area contributed by atoms with Gasteiger partial charge in [0.15, 0.2) is 0 Å². The molecule has 1 aromatic rings. The Bertz CT molecular complexity index is 999. The summed E-state index contributed by atoms with van der Waals surface area (Å²) in [5.41, 5.74) is 0.965. The molecule has 0 radical (unpaired) electrons. The molecule has 1 fully saturated rings. The zero-order valence-electron chi connectivity index (χ0n) is 17.4. The van der Waals surface area contributed by atoms with E-state index in [0.29, 0.717) is 0 Å². The Balaban J connectivity index is 2.20. The van der Waals surface area contributed by atoms with Crippen molar-refractivity contribution in [3.8, 4) is 0 Å². The SMILES string of the molecule is COC(=O)c1cc2c(cc1NS(C)(=O)=O)C=C[C@H]1[C@@](C)(C(=O)OC)CCC[C@]21C. The molecular weight excluding hydrogens is 394 g/mol. The number of methoxy groups -OCH3 is 2. The number of fused-ring (bicyclic) bond motifs is 3. The van der Waals surface area contributed by atoms with E-state index in [1.54, 1.807) is 12.1 Å². The zero-order valence-corrected chi connectivity index (χ0v) is 18.2. The number of ether oxygens (including phenoxy) is 2. The summed E-state index contributed by atoms with van der Waals surface area (Å²) in [6.45, 7) is 4.02. The van der Waals surface area contributed by atoms with Crippen molar-refractivity contribution in [2.45, 2.75) is 38.5 Å². The van der Waals surface area contributed by atoms with Gasteiger partial charge in [-0.2, -0.15) is 0 Å². The van der Waals surface area contributed by atoms with E-state index in [2.05, 4.69) is 11.6 Å². The summed E-state index contributed by atoms with van der Waals surface area (Å²) in [5, 5.41) is 0. The number of carbonyl (C=O) groups excluding carboxylic acids is 2. The third kappa shape index (κ3) is 3.54. The van der Waals surface area contributed by atoms with Crippen LogP contribution in [0.5, 0.6) is 0 Å². The van der Waals surface area contributed by atoms with Gasteiger partial charge in [-0.15, -0.1) is 0 Å². The smallest absolute Gasteiger partial charge is 0.340 e. The van der Waals surface area contributed by atoms with E-state index >= 15 is 0 Å². The second-order valence-electron chi connectivity index (χ2n) is 8.37. The van der Waals surface area contributed by atoms with Crippen LogP contribution in [0, 0.1) is 11.3 Å². The normalized spacial score (nSPS) is 28.1. The Labute approximate surface area is 171 Å². The lowest BCUT2D eigenvalue weighted by Gasteiger charge is -2.51. The van der Waals surface area contributed by atoms with E-state index in [1.165, 1.54) is 14.2 Å². The summed E-state index contributed by atoms with van der Waals surface area (Å²) < 4.78 is 36.0. The predicted octanol–water partition coefficient (Wildman–Crippen LogP) is 3.11. The summed E-state index contributed by atoms with van der Waals surface area (Å²) in [6, 6.07) is 3.36. The number of carbonyl (C=O) groups is 2. The van der Waals surface area contributed by atoms with Gasteiger partial charge in [0, 0.05) is 11.3 Å². The maximum absolute atomic E-state index is 12.6. The molecule has 158 valence electrons. The van der Waals surface area contributed by atoms with Crippen LogP contribution in [0.25, 0.3) is 6.08 Å². The summed E-state index contributed by atoms with van der Waals surface area (Å²) in [7, 11) is -0.926. The van der Waals surface area contributed by atoms with Gasteiger partial charge in [-0.05, 0) is 43.0 Å². The molecule has 2 aliphatic rings. The van der Waals surface area contributed by atoms with Crippen LogP contribution in [0.3, 0.4) is 0 Å². The van der Waals surface area contributed by atoms with Gasteiger partial charge < -0.3 is 9.47 Å². The van der Waals surface area contributed by atoms with E-state index in [4.69, 9.17) is 9.47 Å². The molecule has 29 heavy (non-hydrogen) atoms. The molecule has 0 saturated heterocycles. The van der Waals surface area contributed by atoms with E-state index < -0.39 is 26.8 Å². The first-order valence-electron chi connectivity index (χ1n) is 9.47. The first-order chi connectivity index (χ1) is 13.5. The number of sulfonamides is 1. The summed E-state index contributed by atoms with van der Waals surface area (Å²) >= 11 is 0. The number of anilines is 1. The van der Waals surface area contributed by atoms with Gasteiger partial charge in [-0.3, -0.25) is 9.52 Å². The minimum absolute atomic E-state index is 0.108. The lowest BCUT2D eigenvalue weighted by Crippen LogP contribution is -2.51. The molecule has 2 aliphatic carbocycles. The molecule has 0 spiro atoms. The number of esters is 2. The average Bonchev–Trinajstić information content (AvgIpc) is 2.64. The molecule has 8 heteroatoms. The van der Waals surface area contributed by atoms with Gasteiger partial charge in [0.2, 0.25) is 10.0 Å². The Morgan fingerprint density at radius 3 is 2.41 bits per heavy atom. The average molecular weight is 422 g/mol. The Kier molecular flexibility index (Phi) is 5.28. The van der Waals surface area contributed by atoms with Crippen LogP contribution >= 0.6 is 0 Å². The van der Waals surface area contributed by atoms with Crippen LogP contribution in [0.1, 0.15) is 54.6 Å². The van der Waals surface area contributed by atoms with Crippen molar-refractivity contribution in [3.05, 3.63) is 34.9 Å². The fourth-order valence-corrected chi connectivity index (χ4v) is 5.61. The van der Waals surface area contributed by atoms with Crippen molar-refractivity contribution in [2.75, 3.05) is 25.2 Å². The predicted molar refractivity (Wildman–Crippen MR) is 110 cm³/mol. The topological polar surface area (TPSA) is 98.8 Å². The van der Waals surface area contributed by atoms with Gasteiger partial charge >= 0.3 is 11.9 Å². The molecule has 3 atom stereocenters. The van der Waals surface area contributed by atoms with E-state index in [-0.39, 0.29) is 23.1 Å². The van der Waals surface area contributed by atoms with Crippen LogP contribution in [-0.2, 0) is 29.7 Å². The fraction of sp³-hybridized carbons (Fsp3) is 0.524. The minimum Gasteiger partial charge on any atom is -0.469 e. The largest absolute Gasteiger partial charge is 0.469 e. The van der Waals surface area contributed by atoms with Crippen molar-refractivity contribution >= 4 is 33.7 Å². The highest BCUT2D eigenvalue weighted by atomic mass is 32.2. The van der Waals surface area contributed by atoms with Gasteiger partial charge in [-0.25, -0.2) is 13.2 Å². The highest BCUT2D eigenvalue weighted by Gasteiger charge is 2.54. The Morgan fingerprint density at radius 1 is 1.14 bits per heavy atom. The molecule has 0 aromatic heterocycles. The first kappa shape index (κ1) is 21.4. The summed E-state index contributed by atoms with van der Waals surface area (Å²) in [6.07, 6.45) is 7.33. The summed E-state index contributed by atoms with van der Waals surface area (Å²) in [5.74, 6) is -0.979. The number of hydrogen-bond donors (Lipinski definition) is 1. The van der Waals surface area contributed by atoms with Gasteiger partial charge in [0.1, 0.15) is 0 Å². The minimum atomic E-state index is -3.58. The van der Waals surface area contributed by atoms with Crippen molar-refractivity contribution in [1.82, 2.24) is 0 Å². The highest BCUT2D eigenvalue weighted by Crippen LogP contribution is 2.56.